The summed E-state index contributed by atoms with van der Waals surface area (Å²) < 4.78 is 13.6. The van der Waals surface area contributed by atoms with Gasteiger partial charge in [-0.2, -0.15) is 0 Å². The first-order valence-corrected chi connectivity index (χ1v) is 20.0. The van der Waals surface area contributed by atoms with E-state index >= 15 is 0 Å². The summed E-state index contributed by atoms with van der Waals surface area (Å²) in [6.45, 7) is 22.6. The third-order valence-corrected chi connectivity index (χ3v) is 14.6. The average molecular weight is 487 g/mol. The molecule has 4 rings (SSSR count). The van der Waals surface area contributed by atoms with Gasteiger partial charge in [-0.25, -0.2) is 0 Å². The number of hydrogen-bond donors (Lipinski definition) is 0. The number of rotatable bonds is 8. The van der Waals surface area contributed by atoms with Gasteiger partial charge in [0, 0.05) is 11.5 Å². The first-order chi connectivity index (χ1) is 15.4. The summed E-state index contributed by atoms with van der Waals surface area (Å²) in [7, 11) is -3.32. The minimum absolute atomic E-state index is 0.260. The van der Waals surface area contributed by atoms with Crippen LogP contribution in [0.1, 0.15) is 65.2 Å². The van der Waals surface area contributed by atoms with E-state index in [9.17, 15) is 0 Å². The highest BCUT2D eigenvalue weighted by Gasteiger charge is 2.59. The summed E-state index contributed by atoms with van der Waals surface area (Å²) in [6.07, 6.45) is 17.8. The zero-order chi connectivity index (χ0) is 24.1. The molecule has 0 radical (unpaired) electrons. The molecule has 0 aromatic carbocycles. The molecule has 3 fully saturated rings. The van der Waals surface area contributed by atoms with Crippen LogP contribution in [0, 0.1) is 34.5 Å². The summed E-state index contributed by atoms with van der Waals surface area (Å²) in [4.78, 5) is 0. The monoisotopic (exact) mass is 486 g/mol. The SMILES string of the molecule is C=CC[Si](C)(C)OC1=CCC2C3CC[C@H]4C[C@H](O[Si](C)(C)CC=C)CC[C@]4(C)C3CC[C@]12C. The van der Waals surface area contributed by atoms with Crippen LogP contribution in [0.2, 0.25) is 38.3 Å². The van der Waals surface area contributed by atoms with Gasteiger partial charge in [-0.15, -0.1) is 13.2 Å². The molecule has 186 valence electrons. The van der Waals surface area contributed by atoms with Crippen LogP contribution < -0.4 is 0 Å². The van der Waals surface area contributed by atoms with Gasteiger partial charge in [0.2, 0.25) is 8.32 Å². The molecule has 0 N–H and O–H groups in total. The van der Waals surface area contributed by atoms with Crippen molar-refractivity contribution in [3.63, 3.8) is 0 Å². The molecule has 0 aliphatic heterocycles. The summed E-state index contributed by atoms with van der Waals surface area (Å²) in [5.74, 6) is 4.74. The van der Waals surface area contributed by atoms with E-state index in [0.29, 0.717) is 11.5 Å². The van der Waals surface area contributed by atoms with Crippen molar-refractivity contribution in [3.05, 3.63) is 37.1 Å². The lowest BCUT2D eigenvalue weighted by Gasteiger charge is -2.61. The molecule has 0 spiro atoms. The predicted octanol–water partition coefficient (Wildman–Crippen LogP) is 8.71. The summed E-state index contributed by atoms with van der Waals surface area (Å²) >= 11 is 0. The quantitative estimate of drug-likeness (QED) is 0.252. The lowest BCUT2D eigenvalue weighted by Crippen LogP contribution is -2.54. The maximum Gasteiger partial charge on any atom is 0.248 e. The van der Waals surface area contributed by atoms with Crippen LogP contribution in [0.15, 0.2) is 37.1 Å². The Kier molecular flexibility index (Phi) is 7.06. The molecule has 2 nitrogen and oxygen atoms in total. The summed E-state index contributed by atoms with van der Waals surface area (Å²) in [6, 6.07) is 2.10. The second-order valence-corrected chi connectivity index (χ2v) is 21.8. The van der Waals surface area contributed by atoms with Crippen LogP contribution in [-0.2, 0) is 8.85 Å². The maximum absolute atomic E-state index is 6.81. The molecule has 0 heterocycles. The van der Waals surface area contributed by atoms with E-state index in [1.54, 1.807) is 0 Å². The van der Waals surface area contributed by atoms with Crippen LogP contribution >= 0.6 is 0 Å². The van der Waals surface area contributed by atoms with E-state index in [4.69, 9.17) is 8.85 Å². The number of hydrogen-bond acceptors (Lipinski definition) is 2. The van der Waals surface area contributed by atoms with Gasteiger partial charge in [-0.3, -0.25) is 0 Å². The molecule has 0 aromatic heterocycles. The van der Waals surface area contributed by atoms with Crippen molar-refractivity contribution in [2.45, 2.75) is 110 Å². The normalized spacial score (nSPS) is 40.8. The van der Waals surface area contributed by atoms with E-state index < -0.39 is 16.6 Å². The molecule has 3 unspecified atom stereocenters. The van der Waals surface area contributed by atoms with Crippen LogP contribution in [0.25, 0.3) is 0 Å². The minimum Gasteiger partial charge on any atom is -0.547 e. The average Bonchev–Trinajstić information content (AvgIpc) is 3.03. The topological polar surface area (TPSA) is 18.5 Å². The number of fused-ring (bicyclic) bond motifs is 5. The molecule has 0 bridgehead atoms. The fraction of sp³-hybridized carbons (Fsp3) is 0.793. The van der Waals surface area contributed by atoms with E-state index in [1.165, 1.54) is 57.1 Å². The van der Waals surface area contributed by atoms with Gasteiger partial charge < -0.3 is 8.85 Å². The van der Waals surface area contributed by atoms with Gasteiger partial charge >= 0.3 is 0 Å². The van der Waals surface area contributed by atoms with E-state index in [-0.39, 0.29) is 5.41 Å². The molecular formula is C29H50O2Si2. The Morgan fingerprint density at radius 2 is 1.64 bits per heavy atom. The standard InChI is InChI=1S/C29H50O2Si2/c1-9-19-32(5,6)30-23-15-17-28(3)22(21-23)11-12-24-25-13-14-27(31-33(7,8)20-10-2)29(25,4)18-16-26(24)28/h9-10,14,22-26H,1-2,11-13,15-21H2,3-8H3/t22-,23+,24?,25?,26?,28-,29-/m0/s1. The predicted molar refractivity (Wildman–Crippen MR) is 146 cm³/mol. The van der Waals surface area contributed by atoms with Crippen molar-refractivity contribution < 1.29 is 8.85 Å². The third-order valence-electron chi connectivity index (χ3n) is 10.3. The Bertz CT molecular complexity index is 786. The molecule has 4 aliphatic rings. The zero-order valence-electron chi connectivity index (χ0n) is 22.4. The van der Waals surface area contributed by atoms with Crippen molar-refractivity contribution in [2.24, 2.45) is 34.5 Å². The van der Waals surface area contributed by atoms with Gasteiger partial charge in [-0.05, 0) is 125 Å². The highest BCUT2D eigenvalue weighted by Crippen LogP contribution is 2.66. The van der Waals surface area contributed by atoms with Crippen LogP contribution in [0.5, 0.6) is 0 Å². The fourth-order valence-electron chi connectivity index (χ4n) is 8.55. The van der Waals surface area contributed by atoms with Crippen molar-refractivity contribution in [3.8, 4) is 0 Å². The molecule has 7 atom stereocenters. The number of allylic oxidation sites excluding steroid dienone is 4. The minimum atomic E-state index is -1.71. The zero-order valence-corrected chi connectivity index (χ0v) is 24.4. The second kappa shape index (κ2) is 9.13. The highest BCUT2D eigenvalue weighted by molar-refractivity contribution is 6.72. The van der Waals surface area contributed by atoms with Gasteiger partial charge in [0.1, 0.15) is 0 Å². The van der Waals surface area contributed by atoms with Crippen molar-refractivity contribution >= 4 is 16.6 Å². The van der Waals surface area contributed by atoms with Gasteiger partial charge in [0.15, 0.2) is 8.32 Å². The smallest absolute Gasteiger partial charge is 0.248 e. The Hall–Kier alpha value is -0.586. The second-order valence-electron chi connectivity index (χ2n) is 13.5. The van der Waals surface area contributed by atoms with Crippen LogP contribution in [0.3, 0.4) is 0 Å². The Morgan fingerprint density at radius 1 is 0.939 bits per heavy atom. The molecule has 0 saturated heterocycles. The Morgan fingerprint density at radius 3 is 2.33 bits per heavy atom. The van der Waals surface area contributed by atoms with Gasteiger partial charge in [-0.1, -0.05) is 26.0 Å². The van der Waals surface area contributed by atoms with Crippen LogP contribution in [-0.4, -0.2) is 22.7 Å². The lowest BCUT2D eigenvalue weighted by molar-refractivity contribution is -0.119. The van der Waals surface area contributed by atoms with Gasteiger partial charge in [0.25, 0.3) is 0 Å². The fourth-order valence-corrected chi connectivity index (χ4v) is 12.1. The molecule has 4 aliphatic carbocycles. The molecule has 4 heteroatoms. The van der Waals surface area contributed by atoms with E-state index in [0.717, 1.165) is 35.8 Å². The molecule has 33 heavy (non-hydrogen) atoms. The van der Waals surface area contributed by atoms with E-state index in [2.05, 4.69) is 71.4 Å². The molecule has 0 aromatic rings. The highest BCUT2D eigenvalue weighted by atomic mass is 28.4. The van der Waals surface area contributed by atoms with Crippen molar-refractivity contribution in [2.75, 3.05) is 0 Å². The third kappa shape index (κ3) is 4.78. The lowest BCUT2D eigenvalue weighted by atomic mass is 9.45. The van der Waals surface area contributed by atoms with Crippen LogP contribution in [0.4, 0.5) is 0 Å². The first-order valence-electron chi connectivity index (χ1n) is 13.7. The molecular weight excluding hydrogens is 436 g/mol. The molecule has 0 amide bonds. The maximum atomic E-state index is 6.81. The molecule has 3 saturated carbocycles. The first kappa shape index (κ1) is 25.5. The van der Waals surface area contributed by atoms with E-state index in [1.807, 2.05) is 0 Å². The Labute approximate surface area is 206 Å². The van der Waals surface area contributed by atoms with Gasteiger partial charge in [0.05, 0.1) is 5.76 Å². The largest absolute Gasteiger partial charge is 0.547 e. The van der Waals surface area contributed by atoms with Crippen molar-refractivity contribution in [1.82, 2.24) is 0 Å². The van der Waals surface area contributed by atoms with Crippen molar-refractivity contribution in [1.29, 1.82) is 0 Å². The Balaban J connectivity index is 1.45. The summed E-state index contributed by atoms with van der Waals surface area (Å²) in [5.41, 5.74) is 0.769. The summed E-state index contributed by atoms with van der Waals surface area (Å²) in [5, 5.41) is 0.